The van der Waals surface area contributed by atoms with Crippen molar-refractivity contribution >= 4 is 17.5 Å². The lowest BCUT2D eigenvalue weighted by molar-refractivity contribution is -0.118. The molecule has 172 valence electrons. The number of piperazine rings is 1. The van der Waals surface area contributed by atoms with Gasteiger partial charge in [-0.1, -0.05) is 30.3 Å². The maximum atomic E-state index is 12.3. The molecule has 2 aromatic carbocycles. The molecule has 0 unspecified atom stereocenters. The molecule has 8 nitrogen and oxygen atoms in total. The van der Waals surface area contributed by atoms with Gasteiger partial charge in [-0.2, -0.15) is 0 Å². The normalized spacial score (nSPS) is 14.0. The third kappa shape index (κ3) is 6.66. The number of carbonyl (C=O) groups excluding carboxylic acids is 1. The fraction of sp³-hybridized carbons (Fsp3) is 0.320. The molecule has 0 saturated carbocycles. The van der Waals surface area contributed by atoms with Crippen LogP contribution in [0.2, 0.25) is 0 Å². The average Bonchev–Trinajstić information content (AvgIpc) is 2.85. The quantitative estimate of drug-likeness (QED) is 0.540. The van der Waals surface area contributed by atoms with Gasteiger partial charge in [0.15, 0.2) is 6.61 Å². The number of amides is 1. The third-order valence-electron chi connectivity index (χ3n) is 5.37. The van der Waals surface area contributed by atoms with Crippen LogP contribution in [0.1, 0.15) is 12.5 Å². The molecule has 33 heavy (non-hydrogen) atoms. The van der Waals surface area contributed by atoms with Gasteiger partial charge in [-0.15, -0.1) is 0 Å². The van der Waals surface area contributed by atoms with E-state index in [1.54, 1.807) is 12.1 Å². The lowest BCUT2D eigenvalue weighted by Gasteiger charge is -2.35. The SMILES string of the molecule is CCOc1ccc(OCC(=O)Nc2cc(N3CCN(Cc4ccccc4)CC3)ncn2)cc1. The number of hydrogen-bond acceptors (Lipinski definition) is 7. The van der Waals surface area contributed by atoms with Crippen molar-refractivity contribution in [1.82, 2.24) is 14.9 Å². The zero-order chi connectivity index (χ0) is 22.9. The van der Waals surface area contributed by atoms with Crippen molar-refractivity contribution in [1.29, 1.82) is 0 Å². The van der Waals surface area contributed by atoms with Gasteiger partial charge in [0.25, 0.3) is 5.91 Å². The monoisotopic (exact) mass is 447 g/mol. The molecule has 0 spiro atoms. The van der Waals surface area contributed by atoms with Crippen molar-refractivity contribution < 1.29 is 14.3 Å². The van der Waals surface area contributed by atoms with Crippen molar-refractivity contribution in [3.63, 3.8) is 0 Å². The summed E-state index contributed by atoms with van der Waals surface area (Å²) in [5, 5.41) is 2.79. The highest BCUT2D eigenvalue weighted by Crippen LogP contribution is 2.19. The molecule has 1 aromatic heterocycles. The fourth-order valence-corrected chi connectivity index (χ4v) is 3.69. The molecule has 0 atom stereocenters. The van der Waals surface area contributed by atoms with Gasteiger partial charge in [-0.25, -0.2) is 9.97 Å². The van der Waals surface area contributed by atoms with Gasteiger partial charge in [-0.05, 0) is 36.8 Å². The number of carbonyl (C=O) groups is 1. The Bertz CT molecular complexity index is 1020. The second kappa shape index (κ2) is 11.3. The summed E-state index contributed by atoms with van der Waals surface area (Å²) in [5.74, 6) is 2.37. The molecule has 1 aliphatic rings. The summed E-state index contributed by atoms with van der Waals surface area (Å²) in [6.07, 6.45) is 1.48. The van der Waals surface area contributed by atoms with Crippen LogP contribution in [0.15, 0.2) is 67.0 Å². The molecule has 1 amide bonds. The molecule has 0 bridgehead atoms. The molecule has 0 aliphatic carbocycles. The lowest BCUT2D eigenvalue weighted by Crippen LogP contribution is -2.46. The highest BCUT2D eigenvalue weighted by Gasteiger charge is 2.19. The van der Waals surface area contributed by atoms with E-state index in [1.165, 1.54) is 11.9 Å². The Kier molecular flexibility index (Phi) is 7.71. The molecule has 0 radical (unpaired) electrons. The van der Waals surface area contributed by atoms with Gasteiger partial charge in [0.1, 0.15) is 29.5 Å². The molecule has 1 N–H and O–H groups in total. The minimum atomic E-state index is -0.277. The van der Waals surface area contributed by atoms with Gasteiger partial charge in [0, 0.05) is 38.8 Å². The highest BCUT2D eigenvalue weighted by atomic mass is 16.5. The van der Waals surface area contributed by atoms with E-state index in [-0.39, 0.29) is 12.5 Å². The first-order chi connectivity index (χ1) is 16.2. The Balaban J connectivity index is 1.25. The third-order valence-corrected chi connectivity index (χ3v) is 5.37. The minimum absolute atomic E-state index is 0.106. The van der Waals surface area contributed by atoms with Crippen LogP contribution >= 0.6 is 0 Å². The summed E-state index contributed by atoms with van der Waals surface area (Å²) in [5.41, 5.74) is 1.32. The Hall–Kier alpha value is -3.65. The van der Waals surface area contributed by atoms with E-state index in [1.807, 2.05) is 31.2 Å². The van der Waals surface area contributed by atoms with Crippen LogP contribution in [-0.2, 0) is 11.3 Å². The second-order valence-electron chi connectivity index (χ2n) is 7.75. The smallest absolute Gasteiger partial charge is 0.263 e. The topological polar surface area (TPSA) is 79.8 Å². The number of anilines is 2. The summed E-state index contributed by atoms with van der Waals surface area (Å²) in [6.45, 7) is 7.04. The van der Waals surface area contributed by atoms with Gasteiger partial charge >= 0.3 is 0 Å². The first kappa shape index (κ1) is 22.5. The van der Waals surface area contributed by atoms with Crippen LogP contribution in [0.4, 0.5) is 11.6 Å². The highest BCUT2D eigenvalue weighted by molar-refractivity contribution is 5.91. The number of nitrogens with one attached hydrogen (secondary N) is 1. The largest absolute Gasteiger partial charge is 0.494 e. The number of rotatable bonds is 9. The van der Waals surface area contributed by atoms with E-state index in [9.17, 15) is 4.79 Å². The van der Waals surface area contributed by atoms with Crippen LogP contribution in [0.25, 0.3) is 0 Å². The van der Waals surface area contributed by atoms with E-state index in [4.69, 9.17) is 9.47 Å². The summed E-state index contributed by atoms with van der Waals surface area (Å²) in [7, 11) is 0. The number of hydrogen-bond donors (Lipinski definition) is 1. The first-order valence-electron chi connectivity index (χ1n) is 11.2. The van der Waals surface area contributed by atoms with Crippen molar-refractivity contribution in [3.8, 4) is 11.5 Å². The zero-order valence-electron chi connectivity index (χ0n) is 18.8. The van der Waals surface area contributed by atoms with Gasteiger partial charge in [0.2, 0.25) is 0 Å². The van der Waals surface area contributed by atoms with Gasteiger partial charge in [-0.3, -0.25) is 9.69 Å². The van der Waals surface area contributed by atoms with E-state index >= 15 is 0 Å². The number of ether oxygens (including phenoxy) is 2. The lowest BCUT2D eigenvalue weighted by atomic mass is 10.2. The standard InChI is InChI=1S/C25H29N5O3/c1-2-32-21-8-10-22(11-9-21)33-18-25(31)28-23-16-24(27-19-26-23)30-14-12-29(13-15-30)17-20-6-4-3-5-7-20/h3-11,16,19H,2,12-15,17-18H2,1H3,(H,26,27,28,31). The van der Waals surface area contributed by atoms with Crippen LogP contribution < -0.4 is 19.7 Å². The molecular formula is C25H29N5O3. The van der Waals surface area contributed by atoms with Crippen molar-refractivity contribution in [2.75, 3.05) is 49.6 Å². The fourth-order valence-electron chi connectivity index (χ4n) is 3.69. The molecule has 4 rings (SSSR count). The Labute approximate surface area is 194 Å². The van der Waals surface area contributed by atoms with Gasteiger partial charge in [0.05, 0.1) is 6.61 Å². The number of aromatic nitrogens is 2. The van der Waals surface area contributed by atoms with E-state index in [0.29, 0.717) is 18.2 Å². The first-order valence-corrected chi connectivity index (χ1v) is 11.2. The molecule has 8 heteroatoms. The van der Waals surface area contributed by atoms with E-state index < -0.39 is 0 Å². The van der Waals surface area contributed by atoms with E-state index in [2.05, 4.69) is 49.4 Å². The number of nitrogens with zero attached hydrogens (tertiary/aromatic N) is 4. The maximum Gasteiger partial charge on any atom is 0.263 e. The molecule has 2 heterocycles. The molecular weight excluding hydrogens is 418 g/mol. The minimum Gasteiger partial charge on any atom is -0.494 e. The average molecular weight is 448 g/mol. The van der Waals surface area contributed by atoms with Crippen LogP contribution in [0.3, 0.4) is 0 Å². The summed E-state index contributed by atoms with van der Waals surface area (Å²) >= 11 is 0. The van der Waals surface area contributed by atoms with Crippen LogP contribution in [0.5, 0.6) is 11.5 Å². The Morgan fingerprint density at radius 3 is 2.33 bits per heavy atom. The maximum absolute atomic E-state index is 12.3. The Morgan fingerprint density at radius 1 is 0.939 bits per heavy atom. The zero-order valence-corrected chi connectivity index (χ0v) is 18.8. The summed E-state index contributed by atoms with van der Waals surface area (Å²) in [6, 6.07) is 19.5. The molecule has 1 aliphatic heterocycles. The predicted molar refractivity (Wildman–Crippen MR) is 128 cm³/mol. The second-order valence-corrected chi connectivity index (χ2v) is 7.75. The van der Waals surface area contributed by atoms with Crippen LogP contribution in [-0.4, -0.2) is 60.2 Å². The van der Waals surface area contributed by atoms with Crippen LogP contribution in [0, 0.1) is 0 Å². The van der Waals surface area contributed by atoms with Crippen molar-refractivity contribution in [2.45, 2.75) is 13.5 Å². The van der Waals surface area contributed by atoms with Gasteiger partial charge < -0.3 is 19.7 Å². The molecule has 1 saturated heterocycles. The summed E-state index contributed by atoms with van der Waals surface area (Å²) in [4.78, 5) is 25.6. The Morgan fingerprint density at radius 2 is 1.64 bits per heavy atom. The predicted octanol–water partition coefficient (Wildman–Crippen LogP) is 3.22. The van der Waals surface area contributed by atoms with E-state index in [0.717, 1.165) is 44.3 Å². The van der Waals surface area contributed by atoms with Crippen molar-refractivity contribution in [3.05, 3.63) is 72.6 Å². The molecule has 3 aromatic rings. The van der Waals surface area contributed by atoms with Crippen molar-refractivity contribution in [2.24, 2.45) is 0 Å². The summed E-state index contributed by atoms with van der Waals surface area (Å²) < 4.78 is 11.0. The number of benzene rings is 2. The molecule has 1 fully saturated rings.